The van der Waals surface area contributed by atoms with Crippen molar-refractivity contribution in [2.75, 3.05) is 30.4 Å². The molecule has 1 heterocycles. The molecule has 0 spiro atoms. The molecule has 1 aliphatic carbocycles. The molecule has 0 radical (unpaired) electrons. The van der Waals surface area contributed by atoms with Gasteiger partial charge in [0.1, 0.15) is 13.2 Å². The number of fused-ring (bicyclic) bond motifs is 1. The topological polar surface area (TPSA) is 47.7 Å². The fourth-order valence-corrected chi connectivity index (χ4v) is 2.47. The Morgan fingerprint density at radius 1 is 1.22 bits per heavy atom. The molecular weight excluding hydrogens is 228 g/mol. The van der Waals surface area contributed by atoms with Crippen LogP contribution in [0.25, 0.3) is 0 Å². The number of nitrogens with zero attached hydrogens (tertiary/aromatic N) is 1. The van der Waals surface area contributed by atoms with Crippen molar-refractivity contribution in [1.29, 1.82) is 0 Å². The van der Waals surface area contributed by atoms with Gasteiger partial charge < -0.3 is 20.1 Å². The molecule has 98 valence electrons. The van der Waals surface area contributed by atoms with Crippen LogP contribution < -0.4 is 20.1 Å². The summed E-state index contributed by atoms with van der Waals surface area (Å²) in [6, 6.07) is 4.60. The van der Waals surface area contributed by atoms with Gasteiger partial charge in [0.2, 0.25) is 0 Å². The van der Waals surface area contributed by atoms with Crippen molar-refractivity contribution in [2.24, 2.45) is 0 Å². The molecule has 0 amide bonds. The van der Waals surface area contributed by atoms with Crippen LogP contribution in [0.3, 0.4) is 0 Å². The standard InChI is InChI=1S/C14H20N2O2/c1-2-5-16(10-3-4-10)12-9-14-13(8-11(12)15)17-6-7-18-14/h8-10H,2-7,15H2,1H3. The van der Waals surface area contributed by atoms with E-state index in [4.69, 9.17) is 15.2 Å². The molecular formula is C14H20N2O2. The molecule has 2 aliphatic rings. The Balaban J connectivity index is 1.94. The van der Waals surface area contributed by atoms with Crippen LogP contribution >= 0.6 is 0 Å². The largest absolute Gasteiger partial charge is 0.486 e. The minimum absolute atomic E-state index is 0.604. The van der Waals surface area contributed by atoms with E-state index in [0.717, 1.165) is 35.8 Å². The molecule has 1 aromatic rings. The van der Waals surface area contributed by atoms with E-state index in [0.29, 0.717) is 19.3 Å². The van der Waals surface area contributed by atoms with Crippen molar-refractivity contribution < 1.29 is 9.47 Å². The number of hydrogen-bond acceptors (Lipinski definition) is 4. The van der Waals surface area contributed by atoms with Crippen molar-refractivity contribution in [3.8, 4) is 11.5 Å². The van der Waals surface area contributed by atoms with Gasteiger partial charge >= 0.3 is 0 Å². The van der Waals surface area contributed by atoms with Crippen LogP contribution in [0.2, 0.25) is 0 Å². The molecule has 1 saturated carbocycles. The second-order valence-electron chi connectivity index (χ2n) is 4.98. The SMILES string of the molecule is CCCN(c1cc2c(cc1N)OCCO2)C1CC1. The average molecular weight is 248 g/mol. The molecule has 0 aromatic heterocycles. The van der Waals surface area contributed by atoms with E-state index in [1.807, 2.05) is 12.1 Å². The van der Waals surface area contributed by atoms with E-state index in [2.05, 4.69) is 11.8 Å². The Bertz CT molecular complexity index is 444. The van der Waals surface area contributed by atoms with Crippen LogP contribution in [-0.2, 0) is 0 Å². The Hall–Kier alpha value is -1.58. The van der Waals surface area contributed by atoms with Crippen LogP contribution in [-0.4, -0.2) is 25.8 Å². The van der Waals surface area contributed by atoms with Crippen LogP contribution in [0.4, 0.5) is 11.4 Å². The third kappa shape index (κ3) is 2.07. The lowest BCUT2D eigenvalue weighted by Crippen LogP contribution is -2.27. The van der Waals surface area contributed by atoms with Crippen LogP contribution in [0.5, 0.6) is 11.5 Å². The van der Waals surface area contributed by atoms with Gasteiger partial charge in [-0.2, -0.15) is 0 Å². The van der Waals surface area contributed by atoms with Crippen molar-refractivity contribution >= 4 is 11.4 Å². The summed E-state index contributed by atoms with van der Waals surface area (Å²) in [7, 11) is 0. The minimum atomic E-state index is 0.604. The zero-order valence-corrected chi connectivity index (χ0v) is 10.8. The van der Waals surface area contributed by atoms with E-state index in [9.17, 15) is 0 Å². The highest BCUT2D eigenvalue weighted by Gasteiger charge is 2.30. The fraction of sp³-hybridized carbons (Fsp3) is 0.571. The van der Waals surface area contributed by atoms with E-state index in [-0.39, 0.29) is 0 Å². The number of rotatable bonds is 4. The van der Waals surface area contributed by atoms with Gasteiger partial charge in [0.25, 0.3) is 0 Å². The third-order valence-electron chi connectivity index (χ3n) is 3.45. The summed E-state index contributed by atoms with van der Waals surface area (Å²) in [5, 5.41) is 0. The maximum atomic E-state index is 6.16. The molecule has 1 aliphatic heterocycles. The van der Waals surface area contributed by atoms with Gasteiger partial charge in [-0.15, -0.1) is 0 Å². The van der Waals surface area contributed by atoms with Gasteiger partial charge in [0.15, 0.2) is 11.5 Å². The summed E-state index contributed by atoms with van der Waals surface area (Å²) in [5.74, 6) is 1.60. The number of anilines is 2. The Morgan fingerprint density at radius 3 is 2.50 bits per heavy atom. The monoisotopic (exact) mass is 248 g/mol. The second-order valence-corrected chi connectivity index (χ2v) is 4.98. The summed E-state index contributed by atoms with van der Waals surface area (Å²) < 4.78 is 11.2. The average Bonchev–Trinajstić information content (AvgIpc) is 3.20. The van der Waals surface area contributed by atoms with Crippen molar-refractivity contribution in [2.45, 2.75) is 32.2 Å². The molecule has 18 heavy (non-hydrogen) atoms. The van der Waals surface area contributed by atoms with Gasteiger partial charge in [0, 0.05) is 24.7 Å². The van der Waals surface area contributed by atoms with Crippen molar-refractivity contribution in [3.05, 3.63) is 12.1 Å². The van der Waals surface area contributed by atoms with E-state index in [1.54, 1.807) is 0 Å². The Morgan fingerprint density at radius 2 is 1.89 bits per heavy atom. The fourth-order valence-electron chi connectivity index (χ4n) is 2.47. The highest BCUT2D eigenvalue weighted by molar-refractivity contribution is 5.74. The summed E-state index contributed by atoms with van der Waals surface area (Å²) in [6.45, 7) is 4.47. The number of benzene rings is 1. The lowest BCUT2D eigenvalue weighted by atomic mass is 10.2. The molecule has 0 saturated heterocycles. The quantitative estimate of drug-likeness (QED) is 0.831. The molecule has 0 bridgehead atoms. The second kappa shape index (κ2) is 4.59. The lowest BCUT2D eigenvalue weighted by molar-refractivity contribution is 0.172. The Labute approximate surface area is 108 Å². The van der Waals surface area contributed by atoms with Crippen LogP contribution in [0.15, 0.2) is 12.1 Å². The highest BCUT2D eigenvalue weighted by atomic mass is 16.6. The number of nitrogens with two attached hydrogens (primary N) is 1. The van der Waals surface area contributed by atoms with Crippen LogP contribution in [0, 0.1) is 0 Å². The number of hydrogen-bond donors (Lipinski definition) is 1. The van der Waals surface area contributed by atoms with Crippen LogP contribution in [0.1, 0.15) is 26.2 Å². The smallest absolute Gasteiger partial charge is 0.163 e. The first-order valence-electron chi connectivity index (χ1n) is 6.75. The Kier molecular flexibility index (Phi) is 2.94. The first kappa shape index (κ1) is 11.5. The number of ether oxygens (including phenoxy) is 2. The van der Waals surface area contributed by atoms with Gasteiger partial charge in [-0.05, 0) is 19.3 Å². The normalized spacial score (nSPS) is 17.6. The van der Waals surface area contributed by atoms with E-state index in [1.165, 1.54) is 12.8 Å². The zero-order chi connectivity index (χ0) is 12.5. The predicted octanol–water partition coefficient (Wildman–Crippen LogP) is 2.42. The highest BCUT2D eigenvalue weighted by Crippen LogP contribution is 2.42. The maximum absolute atomic E-state index is 6.16. The predicted molar refractivity (Wildman–Crippen MR) is 72.5 cm³/mol. The van der Waals surface area contributed by atoms with E-state index < -0.39 is 0 Å². The lowest BCUT2D eigenvalue weighted by Gasteiger charge is -2.28. The molecule has 1 fully saturated rings. The minimum Gasteiger partial charge on any atom is -0.486 e. The van der Waals surface area contributed by atoms with Gasteiger partial charge in [-0.25, -0.2) is 0 Å². The van der Waals surface area contributed by atoms with Gasteiger partial charge in [-0.1, -0.05) is 6.92 Å². The summed E-state index contributed by atoms with van der Waals surface area (Å²) >= 11 is 0. The number of nitrogen functional groups attached to an aromatic ring is 1. The first-order chi connectivity index (χ1) is 8.79. The zero-order valence-electron chi connectivity index (χ0n) is 10.8. The van der Waals surface area contributed by atoms with E-state index >= 15 is 0 Å². The molecule has 3 rings (SSSR count). The summed E-state index contributed by atoms with van der Waals surface area (Å²) in [5.41, 5.74) is 8.06. The molecule has 0 atom stereocenters. The van der Waals surface area contributed by atoms with Gasteiger partial charge in [0.05, 0.1) is 11.4 Å². The molecule has 0 unspecified atom stereocenters. The molecule has 4 nitrogen and oxygen atoms in total. The van der Waals surface area contributed by atoms with Crippen molar-refractivity contribution in [3.63, 3.8) is 0 Å². The third-order valence-corrected chi connectivity index (χ3v) is 3.45. The van der Waals surface area contributed by atoms with Crippen molar-refractivity contribution in [1.82, 2.24) is 0 Å². The first-order valence-corrected chi connectivity index (χ1v) is 6.75. The maximum Gasteiger partial charge on any atom is 0.163 e. The summed E-state index contributed by atoms with van der Waals surface area (Å²) in [6.07, 6.45) is 3.67. The summed E-state index contributed by atoms with van der Waals surface area (Å²) in [4.78, 5) is 2.41. The molecule has 1 aromatic carbocycles. The van der Waals surface area contributed by atoms with Gasteiger partial charge in [-0.3, -0.25) is 0 Å². The molecule has 4 heteroatoms. The molecule has 2 N–H and O–H groups in total.